The normalized spacial score (nSPS) is 12.4. The van der Waals surface area contributed by atoms with Crippen LogP contribution in [0.1, 0.15) is 18.0 Å². The summed E-state index contributed by atoms with van der Waals surface area (Å²) in [6.45, 7) is 0. The Morgan fingerprint density at radius 1 is 1.09 bits per heavy atom. The number of rotatable bonds is 5. The number of carbonyl (C=O) groups is 1. The van der Waals surface area contributed by atoms with Crippen molar-refractivity contribution in [2.75, 3.05) is 19.1 Å². The Hall–Kier alpha value is -2.07. The standard InChI is InChI=1S/C19H19NO2S/c1-22-19(21)16(11-12-23-2)18-15-9-4-3-7-13(15)14-8-5-6-10-17(14)20-18/h3-10,16H,11-12H2,1-2H3/t16-/m0/s1. The molecule has 0 amide bonds. The minimum atomic E-state index is -0.332. The van der Waals surface area contributed by atoms with Gasteiger partial charge < -0.3 is 4.74 Å². The maximum absolute atomic E-state index is 12.3. The Morgan fingerprint density at radius 3 is 2.43 bits per heavy atom. The van der Waals surface area contributed by atoms with Gasteiger partial charge in [0.15, 0.2) is 0 Å². The van der Waals surface area contributed by atoms with Gasteiger partial charge in [-0.2, -0.15) is 11.8 Å². The van der Waals surface area contributed by atoms with Crippen LogP contribution >= 0.6 is 11.8 Å². The first kappa shape index (κ1) is 15.8. The van der Waals surface area contributed by atoms with Gasteiger partial charge in [0.05, 0.1) is 18.3 Å². The molecule has 0 spiro atoms. The van der Waals surface area contributed by atoms with Gasteiger partial charge in [0, 0.05) is 10.8 Å². The largest absolute Gasteiger partial charge is 0.469 e. The Kier molecular flexibility index (Phi) is 4.82. The van der Waals surface area contributed by atoms with Crippen molar-refractivity contribution in [3.05, 3.63) is 54.2 Å². The number of hydrogen-bond acceptors (Lipinski definition) is 4. The summed E-state index contributed by atoms with van der Waals surface area (Å²) < 4.78 is 5.04. The third-order valence-corrected chi connectivity index (χ3v) is 4.71. The van der Waals surface area contributed by atoms with E-state index in [2.05, 4.69) is 12.1 Å². The zero-order chi connectivity index (χ0) is 16.2. The number of pyridine rings is 1. The van der Waals surface area contributed by atoms with Gasteiger partial charge in [0.2, 0.25) is 0 Å². The molecule has 1 aromatic heterocycles. The molecule has 2 aromatic carbocycles. The number of aromatic nitrogens is 1. The monoisotopic (exact) mass is 325 g/mol. The number of benzene rings is 2. The van der Waals surface area contributed by atoms with Crippen molar-refractivity contribution >= 4 is 39.4 Å². The fraction of sp³-hybridized carbons (Fsp3) is 0.263. The highest BCUT2D eigenvalue weighted by Gasteiger charge is 2.25. The molecule has 0 aliphatic carbocycles. The molecule has 3 rings (SSSR count). The first-order valence-electron chi connectivity index (χ1n) is 7.60. The maximum atomic E-state index is 12.3. The van der Waals surface area contributed by atoms with Crippen LogP contribution in [0, 0.1) is 0 Å². The van der Waals surface area contributed by atoms with Crippen molar-refractivity contribution in [2.45, 2.75) is 12.3 Å². The Morgan fingerprint density at radius 2 is 1.74 bits per heavy atom. The van der Waals surface area contributed by atoms with Gasteiger partial charge in [-0.15, -0.1) is 0 Å². The highest BCUT2D eigenvalue weighted by atomic mass is 32.2. The summed E-state index contributed by atoms with van der Waals surface area (Å²) in [5.41, 5.74) is 1.74. The lowest BCUT2D eigenvalue weighted by molar-refractivity contribution is -0.142. The number of fused-ring (bicyclic) bond motifs is 3. The molecule has 0 radical (unpaired) electrons. The van der Waals surface area contributed by atoms with Gasteiger partial charge in [0.25, 0.3) is 0 Å². The summed E-state index contributed by atoms with van der Waals surface area (Å²) in [4.78, 5) is 17.1. The molecule has 4 heteroatoms. The van der Waals surface area contributed by atoms with Crippen molar-refractivity contribution in [1.82, 2.24) is 4.98 Å². The number of nitrogens with zero attached hydrogens (tertiary/aromatic N) is 1. The van der Waals surface area contributed by atoms with Gasteiger partial charge >= 0.3 is 5.97 Å². The third-order valence-electron chi connectivity index (χ3n) is 4.06. The summed E-state index contributed by atoms with van der Waals surface area (Å²) >= 11 is 1.73. The topological polar surface area (TPSA) is 39.2 Å². The molecule has 23 heavy (non-hydrogen) atoms. The van der Waals surface area contributed by atoms with Crippen molar-refractivity contribution in [1.29, 1.82) is 0 Å². The SMILES string of the molecule is COC(=O)[C@@H](CCSC)c1nc2ccccc2c2ccccc12. The summed E-state index contributed by atoms with van der Waals surface area (Å²) in [7, 11) is 1.44. The number of methoxy groups -OCH3 is 1. The predicted molar refractivity (Wildman–Crippen MR) is 97.0 cm³/mol. The van der Waals surface area contributed by atoms with Crippen LogP contribution in [-0.4, -0.2) is 30.1 Å². The summed E-state index contributed by atoms with van der Waals surface area (Å²) in [5, 5.41) is 3.27. The molecule has 118 valence electrons. The van der Waals surface area contributed by atoms with Gasteiger partial charge in [-0.1, -0.05) is 42.5 Å². The number of ether oxygens (including phenoxy) is 1. The number of thioether (sulfide) groups is 1. The number of para-hydroxylation sites is 1. The van der Waals surface area contributed by atoms with E-state index >= 15 is 0 Å². The van der Waals surface area contributed by atoms with Crippen LogP contribution in [0.3, 0.4) is 0 Å². The molecule has 0 N–H and O–H groups in total. The summed E-state index contributed by atoms with van der Waals surface area (Å²) in [6.07, 6.45) is 2.77. The fourth-order valence-electron chi connectivity index (χ4n) is 2.94. The van der Waals surface area contributed by atoms with Crippen LogP contribution < -0.4 is 0 Å². The van der Waals surface area contributed by atoms with Crippen molar-refractivity contribution in [3.63, 3.8) is 0 Å². The van der Waals surface area contributed by atoms with Crippen LogP contribution in [0.5, 0.6) is 0 Å². The highest BCUT2D eigenvalue weighted by molar-refractivity contribution is 7.98. The van der Waals surface area contributed by atoms with Crippen molar-refractivity contribution in [3.8, 4) is 0 Å². The molecule has 0 aliphatic rings. The first-order chi connectivity index (χ1) is 11.3. The second-order valence-corrected chi connectivity index (χ2v) is 6.40. The molecule has 0 fully saturated rings. The van der Waals surface area contributed by atoms with Crippen molar-refractivity contribution < 1.29 is 9.53 Å². The van der Waals surface area contributed by atoms with Gasteiger partial charge in [-0.3, -0.25) is 9.78 Å². The molecular weight excluding hydrogens is 306 g/mol. The first-order valence-corrected chi connectivity index (χ1v) is 8.99. The van der Waals surface area contributed by atoms with E-state index in [4.69, 9.17) is 9.72 Å². The maximum Gasteiger partial charge on any atom is 0.314 e. The quantitative estimate of drug-likeness (QED) is 0.515. The third kappa shape index (κ3) is 3.04. The lowest BCUT2D eigenvalue weighted by atomic mass is 9.94. The molecule has 0 saturated carbocycles. The molecule has 0 saturated heterocycles. The minimum absolute atomic E-state index is 0.216. The predicted octanol–water partition coefficient (Wildman–Crippen LogP) is 4.40. The zero-order valence-electron chi connectivity index (χ0n) is 13.3. The summed E-state index contributed by atoms with van der Waals surface area (Å²) in [5.74, 6) is 0.344. The van der Waals surface area contributed by atoms with E-state index in [1.807, 2.05) is 42.7 Å². The molecule has 1 heterocycles. The summed E-state index contributed by atoms with van der Waals surface area (Å²) in [6, 6.07) is 16.2. The number of esters is 1. The molecule has 0 bridgehead atoms. The zero-order valence-corrected chi connectivity index (χ0v) is 14.1. The van der Waals surface area contributed by atoms with Gasteiger partial charge in [0.1, 0.15) is 5.92 Å². The molecule has 1 atom stereocenters. The highest BCUT2D eigenvalue weighted by Crippen LogP contribution is 2.32. The van der Waals surface area contributed by atoms with Gasteiger partial charge in [-0.05, 0) is 29.9 Å². The molecule has 3 aromatic rings. The second kappa shape index (κ2) is 7.01. The van der Waals surface area contributed by atoms with Crippen LogP contribution in [0.2, 0.25) is 0 Å². The molecule has 3 nitrogen and oxygen atoms in total. The van der Waals surface area contributed by atoms with Gasteiger partial charge in [-0.25, -0.2) is 0 Å². The van der Waals surface area contributed by atoms with E-state index in [0.717, 1.165) is 39.5 Å². The second-order valence-electron chi connectivity index (χ2n) is 5.42. The van der Waals surface area contributed by atoms with Crippen LogP contribution in [0.25, 0.3) is 21.7 Å². The van der Waals surface area contributed by atoms with E-state index < -0.39 is 0 Å². The van der Waals surface area contributed by atoms with Crippen LogP contribution in [-0.2, 0) is 9.53 Å². The van der Waals surface area contributed by atoms with E-state index in [-0.39, 0.29) is 11.9 Å². The average Bonchev–Trinajstić information content (AvgIpc) is 2.61. The smallest absolute Gasteiger partial charge is 0.314 e. The van der Waals surface area contributed by atoms with Crippen molar-refractivity contribution in [2.24, 2.45) is 0 Å². The van der Waals surface area contributed by atoms with Crippen LogP contribution in [0.4, 0.5) is 0 Å². The Labute approximate surface area is 140 Å². The lowest BCUT2D eigenvalue weighted by Crippen LogP contribution is -2.17. The van der Waals surface area contributed by atoms with E-state index in [9.17, 15) is 4.79 Å². The Balaban J connectivity index is 2.26. The number of hydrogen-bond donors (Lipinski definition) is 0. The van der Waals surface area contributed by atoms with E-state index in [0.29, 0.717) is 0 Å². The minimum Gasteiger partial charge on any atom is -0.469 e. The molecule has 0 aliphatic heterocycles. The van der Waals surface area contributed by atoms with E-state index in [1.54, 1.807) is 11.8 Å². The van der Waals surface area contributed by atoms with Crippen LogP contribution in [0.15, 0.2) is 48.5 Å². The Bertz CT molecular complexity index is 847. The number of carbonyl (C=O) groups excluding carboxylic acids is 1. The lowest BCUT2D eigenvalue weighted by Gasteiger charge is -2.17. The van der Waals surface area contributed by atoms with E-state index in [1.165, 1.54) is 7.11 Å². The molecular formula is C19H19NO2S. The fourth-order valence-corrected chi connectivity index (χ4v) is 3.41. The molecule has 0 unspecified atom stereocenters. The average molecular weight is 325 g/mol.